The normalized spacial score (nSPS) is 14.0. The molecule has 0 saturated carbocycles. The van der Waals surface area contributed by atoms with Gasteiger partial charge in [-0.2, -0.15) is 0 Å². The first-order valence-electron chi connectivity index (χ1n) is 10.5. The topological polar surface area (TPSA) is 117 Å². The summed E-state index contributed by atoms with van der Waals surface area (Å²) in [5, 5.41) is 7.46. The Labute approximate surface area is 192 Å². The molecular formula is C25H26N4O4. The van der Waals surface area contributed by atoms with Crippen molar-refractivity contribution in [1.29, 1.82) is 5.41 Å². The summed E-state index contributed by atoms with van der Waals surface area (Å²) in [6, 6.07) is 11.6. The third-order valence-corrected chi connectivity index (χ3v) is 5.38. The molecule has 2 aromatic carbocycles. The fourth-order valence-corrected chi connectivity index (χ4v) is 3.49. The summed E-state index contributed by atoms with van der Waals surface area (Å²) in [7, 11) is 1.62. The number of nitrogens with two attached hydrogens (primary N) is 1. The van der Waals surface area contributed by atoms with E-state index in [4.69, 9.17) is 15.9 Å². The van der Waals surface area contributed by atoms with E-state index in [0.717, 1.165) is 5.56 Å². The summed E-state index contributed by atoms with van der Waals surface area (Å²) in [6.45, 7) is 3.56. The van der Waals surface area contributed by atoms with Crippen LogP contribution in [-0.4, -0.2) is 54.8 Å². The first kappa shape index (κ1) is 23.5. The zero-order valence-corrected chi connectivity index (χ0v) is 18.8. The maximum absolute atomic E-state index is 13.4. The van der Waals surface area contributed by atoms with Crippen LogP contribution >= 0.6 is 0 Å². The second kappa shape index (κ2) is 10.0. The quantitative estimate of drug-likeness (QED) is 0.316. The number of amides is 2. The number of fused-ring (bicyclic) bond motifs is 1. The first-order chi connectivity index (χ1) is 15.7. The van der Waals surface area contributed by atoms with E-state index in [1.807, 2.05) is 0 Å². The predicted molar refractivity (Wildman–Crippen MR) is 125 cm³/mol. The molecule has 33 heavy (non-hydrogen) atoms. The van der Waals surface area contributed by atoms with Crippen molar-refractivity contribution in [3.63, 3.8) is 0 Å². The number of hydrogen-bond donors (Lipinski definition) is 2. The fraction of sp³-hybridized carbons (Fsp3) is 0.280. The summed E-state index contributed by atoms with van der Waals surface area (Å²) < 4.78 is 4.99. The number of carbonyl (C=O) groups excluding carboxylic acids is 3. The standard InChI is InChI=1S/C25H26N4O4/c1-4-33-23(31)13-16(2)29-15-22(30)28(3)21-12-9-18(14-20(21)25(29)32)6-5-17-7-10-19(11-8-17)24(26)27/h7-12,14,16H,4,13,15H2,1-3H3,(H3,26,27)/t16-/m0/s1. The monoisotopic (exact) mass is 446 g/mol. The summed E-state index contributed by atoms with van der Waals surface area (Å²) in [5.74, 6) is 5.05. The van der Waals surface area contributed by atoms with Crippen LogP contribution in [0, 0.1) is 17.3 Å². The van der Waals surface area contributed by atoms with Gasteiger partial charge in [0.25, 0.3) is 5.91 Å². The second-order valence-electron chi connectivity index (χ2n) is 7.72. The molecule has 8 heteroatoms. The van der Waals surface area contributed by atoms with E-state index in [1.54, 1.807) is 63.4 Å². The lowest BCUT2D eigenvalue weighted by Gasteiger charge is -2.26. The van der Waals surface area contributed by atoms with Gasteiger partial charge in [0, 0.05) is 29.8 Å². The number of rotatable bonds is 5. The molecule has 2 aromatic rings. The summed E-state index contributed by atoms with van der Waals surface area (Å²) in [5.41, 5.74) is 8.27. The Hall–Kier alpha value is -4.12. The van der Waals surface area contributed by atoms with Crippen molar-refractivity contribution >= 4 is 29.3 Å². The Morgan fingerprint density at radius 1 is 1.15 bits per heavy atom. The zero-order chi connectivity index (χ0) is 24.1. The van der Waals surface area contributed by atoms with Crippen molar-refractivity contribution in [3.8, 4) is 11.8 Å². The molecule has 0 bridgehead atoms. The van der Waals surface area contributed by atoms with Gasteiger partial charge in [-0.3, -0.25) is 19.8 Å². The van der Waals surface area contributed by atoms with Crippen LogP contribution in [0.15, 0.2) is 42.5 Å². The van der Waals surface area contributed by atoms with Crippen molar-refractivity contribution in [1.82, 2.24) is 4.90 Å². The molecular weight excluding hydrogens is 420 g/mol. The van der Waals surface area contributed by atoms with Crippen LogP contribution in [0.1, 0.15) is 47.3 Å². The molecule has 1 atom stereocenters. The zero-order valence-electron chi connectivity index (χ0n) is 18.8. The van der Waals surface area contributed by atoms with Gasteiger partial charge in [-0.1, -0.05) is 24.0 Å². The molecule has 8 nitrogen and oxygen atoms in total. The Kier molecular flexibility index (Phi) is 7.13. The molecule has 1 aliphatic rings. The average Bonchev–Trinajstić information content (AvgIpc) is 2.88. The lowest BCUT2D eigenvalue weighted by molar-refractivity contribution is -0.144. The second-order valence-corrected chi connectivity index (χ2v) is 7.72. The number of nitrogen functional groups attached to an aromatic ring is 1. The van der Waals surface area contributed by atoms with Gasteiger partial charge >= 0.3 is 5.97 Å². The molecule has 0 aromatic heterocycles. The number of carbonyl (C=O) groups is 3. The molecule has 3 N–H and O–H groups in total. The lowest BCUT2D eigenvalue weighted by Crippen LogP contribution is -2.44. The van der Waals surface area contributed by atoms with Crippen molar-refractivity contribution in [2.45, 2.75) is 26.3 Å². The molecule has 3 rings (SSSR count). The van der Waals surface area contributed by atoms with Gasteiger partial charge in [-0.15, -0.1) is 0 Å². The molecule has 0 saturated heterocycles. The van der Waals surface area contributed by atoms with Gasteiger partial charge in [-0.05, 0) is 44.2 Å². The fourth-order valence-electron chi connectivity index (χ4n) is 3.49. The Balaban J connectivity index is 1.91. The average molecular weight is 447 g/mol. The van der Waals surface area contributed by atoms with Gasteiger partial charge in [0.15, 0.2) is 0 Å². The van der Waals surface area contributed by atoms with E-state index >= 15 is 0 Å². The third kappa shape index (κ3) is 5.39. The van der Waals surface area contributed by atoms with Crippen molar-refractivity contribution in [3.05, 3.63) is 64.7 Å². The number of benzene rings is 2. The van der Waals surface area contributed by atoms with Crippen LogP contribution < -0.4 is 10.6 Å². The van der Waals surface area contributed by atoms with Crippen molar-refractivity contribution in [2.24, 2.45) is 5.73 Å². The van der Waals surface area contributed by atoms with E-state index in [2.05, 4.69) is 11.8 Å². The SMILES string of the molecule is CCOC(=O)C[C@H](C)N1CC(=O)N(C)c2ccc(C#Cc3ccc(C(=N)N)cc3)cc2C1=O. The number of hydrogen-bond acceptors (Lipinski definition) is 5. The Morgan fingerprint density at radius 2 is 1.79 bits per heavy atom. The van der Waals surface area contributed by atoms with Crippen molar-refractivity contribution < 1.29 is 19.1 Å². The lowest BCUT2D eigenvalue weighted by atomic mass is 10.1. The highest BCUT2D eigenvalue weighted by atomic mass is 16.5. The summed E-state index contributed by atoms with van der Waals surface area (Å²) in [4.78, 5) is 40.8. The number of esters is 1. The minimum Gasteiger partial charge on any atom is -0.466 e. The number of nitrogens with one attached hydrogen (secondary N) is 1. The number of amidine groups is 1. The number of anilines is 1. The minimum atomic E-state index is -0.505. The van der Waals surface area contributed by atoms with Crippen LogP contribution in [0.5, 0.6) is 0 Å². The van der Waals surface area contributed by atoms with Gasteiger partial charge in [0.05, 0.1) is 24.3 Å². The first-order valence-corrected chi connectivity index (χ1v) is 10.5. The maximum atomic E-state index is 13.4. The van der Waals surface area contributed by atoms with Gasteiger partial charge in [-0.25, -0.2) is 0 Å². The van der Waals surface area contributed by atoms with Crippen LogP contribution in [-0.2, 0) is 14.3 Å². The van der Waals surface area contributed by atoms with Crippen LogP contribution in [0.2, 0.25) is 0 Å². The molecule has 0 radical (unpaired) electrons. The number of likely N-dealkylation sites (N-methyl/N-ethyl adjacent to an activating group) is 1. The predicted octanol–water partition coefficient (Wildman–Crippen LogP) is 2.13. The van der Waals surface area contributed by atoms with Crippen LogP contribution in [0.3, 0.4) is 0 Å². The highest BCUT2D eigenvalue weighted by Gasteiger charge is 2.33. The van der Waals surface area contributed by atoms with Gasteiger partial charge < -0.3 is 20.3 Å². The van der Waals surface area contributed by atoms with Crippen LogP contribution in [0.25, 0.3) is 0 Å². The maximum Gasteiger partial charge on any atom is 0.307 e. The molecule has 170 valence electrons. The van der Waals surface area contributed by atoms with E-state index < -0.39 is 12.0 Å². The highest BCUT2D eigenvalue weighted by Crippen LogP contribution is 2.27. The van der Waals surface area contributed by atoms with Gasteiger partial charge in [0.1, 0.15) is 12.4 Å². The molecule has 0 spiro atoms. The summed E-state index contributed by atoms with van der Waals surface area (Å²) >= 11 is 0. The largest absolute Gasteiger partial charge is 0.466 e. The highest BCUT2D eigenvalue weighted by molar-refractivity contribution is 6.09. The van der Waals surface area contributed by atoms with E-state index in [0.29, 0.717) is 22.4 Å². The number of ether oxygens (including phenoxy) is 1. The van der Waals surface area contributed by atoms with E-state index in [-0.39, 0.29) is 37.2 Å². The van der Waals surface area contributed by atoms with Crippen LogP contribution in [0.4, 0.5) is 5.69 Å². The Morgan fingerprint density at radius 3 is 2.42 bits per heavy atom. The molecule has 2 amide bonds. The minimum absolute atomic E-state index is 0.00165. The molecule has 0 fully saturated rings. The molecule has 0 aliphatic carbocycles. The smallest absolute Gasteiger partial charge is 0.307 e. The van der Waals surface area contributed by atoms with E-state index in [1.165, 1.54) is 9.80 Å². The van der Waals surface area contributed by atoms with E-state index in [9.17, 15) is 14.4 Å². The van der Waals surface area contributed by atoms with Gasteiger partial charge in [0.2, 0.25) is 5.91 Å². The molecule has 0 unspecified atom stereocenters. The molecule has 1 heterocycles. The Bertz CT molecular complexity index is 1160. The molecule has 1 aliphatic heterocycles. The third-order valence-electron chi connectivity index (χ3n) is 5.38. The van der Waals surface area contributed by atoms with Crippen molar-refractivity contribution in [2.75, 3.05) is 25.1 Å². The number of nitrogens with zero attached hydrogens (tertiary/aromatic N) is 2. The summed E-state index contributed by atoms with van der Waals surface area (Å²) in [6.07, 6.45) is 0.00165.